The first-order valence-corrected chi connectivity index (χ1v) is 5.53. The zero-order chi connectivity index (χ0) is 8.44. The average molecular weight is 186 g/mol. The van der Waals surface area contributed by atoms with Crippen molar-refractivity contribution in [3.05, 3.63) is 0 Å². The smallest absolute Gasteiger partial charge is 0.135 e. The molecule has 1 spiro atoms. The van der Waals surface area contributed by atoms with Gasteiger partial charge in [-0.1, -0.05) is 0 Å². The number of rotatable bonds is 0. The Balaban J connectivity index is 2.02. The summed E-state index contributed by atoms with van der Waals surface area (Å²) in [6.45, 7) is 1.69. The summed E-state index contributed by atoms with van der Waals surface area (Å²) in [7, 11) is 0. The van der Waals surface area contributed by atoms with Crippen molar-refractivity contribution in [2.75, 3.05) is 19.0 Å². The molecule has 2 fully saturated rings. The highest BCUT2D eigenvalue weighted by Crippen LogP contribution is 2.42. The molecule has 0 aliphatic carbocycles. The second kappa shape index (κ2) is 3.38. The molecule has 2 aliphatic rings. The number of ether oxygens (including phenoxy) is 1. The summed E-state index contributed by atoms with van der Waals surface area (Å²) in [5.74, 6) is 1.48. The molecule has 12 heavy (non-hydrogen) atoms. The predicted molar refractivity (Wildman–Crippen MR) is 49.5 cm³/mol. The van der Waals surface area contributed by atoms with Gasteiger partial charge in [0.2, 0.25) is 0 Å². The van der Waals surface area contributed by atoms with E-state index in [9.17, 15) is 4.79 Å². The molecule has 0 atom stereocenters. The van der Waals surface area contributed by atoms with E-state index >= 15 is 0 Å². The molecule has 0 saturated carbocycles. The van der Waals surface area contributed by atoms with Crippen molar-refractivity contribution in [3.63, 3.8) is 0 Å². The van der Waals surface area contributed by atoms with Crippen LogP contribution in [0.5, 0.6) is 0 Å². The van der Waals surface area contributed by atoms with Crippen LogP contribution in [0.1, 0.15) is 25.7 Å². The fourth-order valence-corrected chi connectivity index (χ4v) is 3.43. The zero-order valence-corrected chi connectivity index (χ0v) is 7.99. The first kappa shape index (κ1) is 8.57. The van der Waals surface area contributed by atoms with Crippen LogP contribution in [0.2, 0.25) is 0 Å². The fourth-order valence-electron chi connectivity index (χ4n) is 1.94. The Hall–Kier alpha value is -0.0200. The molecule has 0 unspecified atom stereocenters. The van der Waals surface area contributed by atoms with Gasteiger partial charge in [0.1, 0.15) is 5.78 Å². The largest absolute Gasteiger partial charge is 0.381 e. The minimum atomic E-state index is 0.271. The van der Waals surface area contributed by atoms with E-state index < -0.39 is 0 Å². The maximum atomic E-state index is 11.3. The molecule has 2 heterocycles. The summed E-state index contributed by atoms with van der Waals surface area (Å²) < 4.78 is 5.58. The third-order valence-electron chi connectivity index (χ3n) is 2.71. The topological polar surface area (TPSA) is 26.3 Å². The van der Waals surface area contributed by atoms with Crippen LogP contribution in [0.25, 0.3) is 0 Å². The van der Waals surface area contributed by atoms with Crippen molar-refractivity contribution in [2.45, 2.75) is 30.4 Å². The van der Waals surface area contributed by atoms with Gasteiger partial charge < -0.3 is 4.74 Å². The van der Waals surface area contributed by atoms with E-state index in [0.29, 0.717) is 5.78 Å². The third-order valence-corrected chi connectivity index (χ3v) is 4.29. The summed E-state index contributed by atoms with van der Waals surface area (Å²) in [6, 6.07) is 0. The standard InChI is InChI=1S/C9H14O2S/c10-8-1-6-12-9(7-8)2-4-11-5-3-9/h1-7H2. The van der Waals surface area contributed by atoms with E-state index in [2.05, 4.69) is 0 Å². The molecule has 3 heteroatoms. The summed E-state index contributed by atoms with van der Waals surface area (Å²) in [5, 5.41) is 0. The van der Waals surface area contributed by atoms with E-state index in [-0.39, 0.29) is 4.75 Å². The van der Waals surface area contributed by atoms with Crippen molar-refractivity contribution >= 4 is 17.5 Å². The summed E-state index contributed by atoms with van der Waals surface area (Å²) in [6.07, 6.45) is 3.72. The lowest BCUT2D eigenvalue weighted by molar-refractivity contribution is -0.120. The Kier molecular flexibility index (Phi) is 2.42. The van der Waals surface area contributed by atoms with Gasteiger partial charge in [-0.25, -0.2) is 0 Å². The number of Topliss-reactive ketones (excluding diaryl/α,β-unsaturated/α-hetero) is 1. The Morgan fingerprint density at radius 2 is 2.08 bits per heavy atom. The fraction of sp³-hybridized carbons (Fsp3) is 0.889. The van der Waals surface area contributed by atoms with Crippen LogP contribution in [0.3, 0.4) is 0 Å². The van der Waals surface area contributed by atoms with Crippen molar-refractivity contribution in [2.24, 2.45) is 0 Å². The van der Waals surface area contributed by atoms with Crippen LogP contribution in [0.15, 0.2) is 0 Å². The predicted octanol–water partition coefficient (Wildman–Crippen LogP) is 1.63. The van der Waals surface area contributed by atoms with Crippen LogP contribution >= 0.6 is 11.8 Å². The maximum Gasteiger partial charge on any atom is 0.135 e. The molecule has 0 aromatic heterocycles. The Labute approximate surface area is 77.0 Å². The van der Waals surface area contributed by atoms with Gasteiger partial charge in [0, 0.05) is 36.6 Å². The van der Waals surface area contributed by atoms with Gasteiger partial charge >= 0.3 is 0 Å². The number of hydrogen-bond acceptors (Lipinski definition) is 3. The lowest BCUT2D eigenvalue weighted by atomic mass is 9.92. The SMILES string of the molecule is O=C1CCSC2(CCOCC2)C1. The normalized spacial score (nSPS) is 29.2. The van der Waals surface area contributed by atoms with E-state index in [1.54, 1.807) is 0 Å². The van der Waals surface area contributed by atoms with Gasteiger partial charge in [-0.2, -0.15) is 11.8 Å². The Morgan fingerprint density at radius 1 is 1.33 bits per heavy atom. The van der Waals surface area contributed by atoms with Gasteiger partial charge in [0.05, 0.1) is 0 Å². The summed E-state index contributed by atoms with van der Waals surface area (Å²) >= 11 is 1.99. The lowest BCUT2D eigenvalue weighted by Crippen LogP contribution is -2.38. The van der Waals surface area contributed by atoms with E-state index in [1.807, 2.05) is 11.8 Å². The molecule has 0 amide bonds. The molecule has 0 bridgehead atoms. The summed E-state index contributed by atoms with van der Waals surface area (Å²) in [5.41, 5.74) is 0. The highest BCUT2D eigenvalue weighted by Gasteiger charge is 2.37. The Morgan fingerprint density at radius 3 is 2.75 bits per heavy atom. The number of ketones is 1. The van der Waals surface area contributed by atoms with E-state index in [1.165, 1.54) is 0 Å². The van der Waals surface area contributed by atoms with Crippen LogP contribution in [0, 0.1) is 0 Å². The van der Waals surface area contributed by atoms with Crippen LogP contribution in [-0.4, -0.2) is 29.5 Å². The van der Waals surface area contributed by atoms with Crippen LogP contribution < -0.4 is 0 Å². The molecule has 2 nitrogen and oxygen atoms in total. The molecule has 0 N–H and O–H groups in total. The van der Waals surface area contributed by atoms with Crippen molar-refractivity contribution in [1.29, 1.82) is 0 Å². The molecule has 68 valence electrons. The highest BCUT2D eigenvalue weighted by atomic mass is 32.2. The zero-order valence-electron chi connectivity index (χ0n) is 7.17. The number of hydrogen-bond donors (Lipinski definition) is 0. The van der Waals surface area contributed by atoms with Crippen molar-refractivity contribution in [3.8, 4) is 0 Å². The molecule has 2 saturated heterocycles. The number of carbonyl (C=O) groups excluding carboxylic acids is 1. The van der Waals surface area contributed by atoms with E-state index in [4.69, 9.17) is 4.74 Å². The number of carbonyl (C=O) groups is 1. The minimum absolute atomic E-state index is 0.271. The molecular weight excluding hydrogens is 172 g/mol. The van der Waals surface area contributed by atoms with Gasteiger partial charge in [-0.3, -0.25) is 4.79 Å². The first-order chi connectivity index (χ1) is 5.81. The molecule has 0 aromatic carbocycles. The van der Waals surface area contributed by atoms with E-state index in [0.717, 1.165) is 44.6 Å². The first-order valence-electron chi connectivity index (χ1n) is 4.54. The maximum absolute atomic E-state index is 11.3. The minimum Gasteiger partial charge on any atom is -0.381 e. The molecule has 2 rings (SSSR count). The Bertz CT molecular complexity index is 179. The highest BCUT2D eigenvalue weighted by molar-refractivity contribution is 8.00. The molecule has 0 aromatic rings. The second-order valence-electron chi connectivity index (χ2n) is 3.61. The van der Waals surface area contributed by atoms with Gasteiger partial charge in [-0.05, 0) is 12.8 Å². The summed E-state index contributed by atoms with van der Waals surface area (Å²) in [4.78, 5) is 11.3. The second-order valence-corrected chi connectivity index (χ2v) is 5.17. The molecular formula is C9H14O2S. The van der Waals surface area contributed by atoms with Gasteiger partial charge in [0.25, 0.3) is 0 Å². The number of thioether (sulfide) groups is 1. The third kappa shape index (κ3) is 1.67. The quantitative estimate of drug-likeness (QED) is 0.575. The van der Waals surface area contributed by atoms with Crippen molar-refractivity contribution < 1.29 is 9.53 Å². The average Bonchev–Trinajstić information content (AvgIpc) is 2.05. The van der Waals surface area contributed by atoms with Crippen molar-refractivity contribution in [1.82, 2.24) is 0 Å². The van der Waals surface area contributed by atoms with Gasteiger partial charge in [0.15, 0.2) is 0 Å². The molecule has 0 radical (unpaired) electrons. The monoisotopic (exact) mass is 186 g/mol. The van der Waals surface area contributed by atoms with Crippen LogP contribution in [0.4, 0.5) is 0 Å². The van der Waals surface area contributed by atoms with Crippen LogP contribution in [-0.2, 0) is 9.53 Å². The van der Waals surface area contributed by atoms with Gasteiger partial charge in [-0.15, -0.1) is 0 Å². The molecule has 2 aliphatic heterocycles. The lowest BCUT2D eigenvalue weighted by Gasteiger charge is -2.38.